The molecule has 0 spiro atoms. The molecule has 1 aromatic carbocycles. The molecule has 0 aliphatic heterocycles. The minimum absolute atomic E-state index is 0.100. The number of benzene rings is 1. The minimum atomic E-state index is -0.100. The highest BCUT2D eigenvalue weighted by atomic mass is 16.1. The summed E-state index contributed by atoms with van der Waals surface area (Å²) in [7, 11) is 0. The van der Waals surface area contributed by atoms with E-state index in [1.54, 1.807) is 0 Å². The van der Waals surface area contributed by atoms with Gasteiger partial charge < -0.3 is 0 Å². The van der Waals surface area contributed by atoms with E-state index in [0.717, 1.165) is 32.5 Å². The summed E-state index contributed by atoms with van der Waals surface area (Å²) in [6.45, 7) is 9.20. The lowest BCUT2D eigenvalue weighted by Gasteiger charge is -2.24. The Hall–Kier alpha value is -1.15. The van der Waals surface area contributed by atoms with Gasteiger partial charge in [0.25, 0.3) is 0 Å². The van der Waals surface area contributed by atoms with E-state index in [2.05, 4.69) is 49.9 Å². The quantitative estimate of drug-likeness (QED) is 0.806. The zero-order valence-electron chi connectivity index (χ0n) is 12.4. The van der Waals surface area contributed by atoms with Crippen molar-refractivity contribution >= 4 is 5.78 Å². The molecule has 0 radical (unpaired) electrons. The monoisotopic (exact) mass is 259 g/mol. The predicted molar refractivity (Wildman–Crippen MR) is 78.9 cm³/mol. The van der Waals surface area contributed by atoms with E-state index in [1.165, 1.54) is 5.56 Å². The van der Waals surface area contributed by atoms with Crippen LogP contribution in [-0.4, -0.2) is 23.8 Å². The summed E-state index contributed by atoms with van der Waals surface area (Å²) < 4.78 is 0. The molecule has 2 rings (SSSR count). The van der Waals surface area contributed by atoms with Crippen molar-refractivity contribution in [3.63, 3.8) is 0 Å². The lowest BCUT2D eigenvalue weighted by molar-refractivity contribution is -0.128. The van der Waals surface area contributed by atoms with Crippen molar-refractivity contribution in [1.29, 1.82) is 0 Å². The third-order valence-corrected chi connectivity index (χ3v) is 4.33. The first-order valence-electron chi connectivity index (χ1n) is 7.33. The maximum Gasteiger partial charge on any atom is 0.142 e. The van der Waals surface area contributed by atoms with E-state index in [9.17, 15) is 4.79 Å². The van der Waals surface area contributed by atoms with Gasteiger partial charge >= 0.3 is 0 Å². The Morgan fingerprint density at radius 3 is 2.47 bits per heavy atom. The normalized spacial score (nSPS) is 22.1. The second-order valence-corrected chi connectivity index (χ2v) is 6.30. The van der Waals surface area contributed by atoms with Crippen LogP contribution in [0, 0.1) is 11.3 Å². The molecule has 1 unspecified atom stereocenters. The number of carbonyl (C=O) groups is 1. The zero-order chi connectivity index (χ0) is 13.9. The van der Waals surface area contributed by atoms with Crippen molar-refractivity contribution in [1.82, 2.24) is 4.90 Å². The average Bonchev–Trinajstić information content (AvgIpc) is 2.66. The van der Waals surface area contributed by atoms with Gasteiger partial charge in [-0.25, -0.2) is 0 Å². The van der Waals surface area contributed by atoms with Crippen LogP contribution in [0.25, 0.3) is 0 Å². The highest BCUT2D eigenvalue weighted by molar-refractivity contribution is 5.88. The molecule has 2 nitrogen and oxygen atoms in total. The number of hydrogen-bond donors (Lipinski definition) is 0. The van der Waals surface area contributed by atoms with Gasteiger partial charge in [-0.2, -0.15) is 0 Å². The Morgan fingerprint density at radius 2 is 1.95 bits per heavy atom. The van der Waals surface area contributed by atoms with Gasteiger partial charge in [0.15, 0.2) is 0 Å². The number of rotatable bonds is 5. The van der Waals surface area contributed by atoms with Gasteiger partial charge in [0.2, 0.25) is 0 Å². The van der Waals surface area contributed by atoms with Crippen LogP contribution in [0.1, 0.15) is 39.2 Å². The summed E-state index contributed by atoms with van der Waals surface area (Å²) in [6.07, 6.45) is 2.09. The van der Waals surface area contributed by atoms with E-state index in [4.69, 9.17) is 0 Å². The van der Waals surface area contributed by atoms with Crippen LogP contribution in [0.5, 0.6) is 0 Å². The number of ketones is 1. The number of carbonyl (C=O) groups excluding carboxylic acids is 1. The van der Waals surface area contributed by atoms with Gasteiger partial charge in [0, 0.05) is 24.4 Å². The van der Waals surface area contributed by atoms with Crippen LogP contribution in [0.2, 0.25) is 0 Å². The van der Waals surface area contributed by atoms with Crippen molar-refractivity contribution in [3.05, 3.63) is 35.9 Å². The van der Waals surface area contributed by atoms with Crippen molar-refractivity contribution in [2.24, 2.45) is 11.3 Å². The van der Waals surface area contributed by atoms with Crippen LogP contribution < -0.4 is 0 Å². The summed E-state index contributed by atoms with van der Waals surface area (Å²) in [5, 5.41) is 0. The zero-order valence-corrected chi connectivity index (χ0v) is 12.4. The predicted octanol–water partition coefficient (Wildman–Crippen LogP) is 3.51. The Kier molecular flexibility index (Phi) is 4.41. The Balaban J connectivity index is 1.95. The second-order valence-electron chi connectivity index (χ2n) is 6.30. The van der Waals surface area contributed by atoms with E-state index < -0.39 is 0 Å². The molecule has 0 bridgehead atoms. The molecule has 2 heteroatoms. The van der Waals surface area contributed by atoms with Crippen LogP contribution in [0.15, 0.2) is 30.3 Å². The molecule has 0 saturated heterocycles. The Labute approximate surface area is 116 Å². The molecular formula is C17H25NO. The van der Waals surface area contributed by atoms with Crippen molar-refractivity contribution in [2.45, 2.75) is 40.2 Å². The van der Waals surface area contributed by atoms with E-state index in [0.29, 0.717) is 5.78 Å². The third-order valence-electron chi connectivity index (χ3n) is 4.33. The van der Waals surface area contributed by atoms with Gasteiger partial charge in [0.05, 0.1) is 0 Å². The van der Waals surface area contributed by atoms with Crippen molar-refractivity contribution in [2.75, 3.05) is 13.1 Å². The first-order valence-corrected chi connectivity index (χ1v) is 7.33. The van der Waals surface area contributed by atoms with Crippen LogP contribution >= 0.6 is 0 Å². The van der Waals surface area contributed by atoms with Gasteiger partial charge in [-0.05, 0) is 24.9 Å². The third kappa shape index (κ3) is 3.44. The summed E-state index contributed by atoms with van der Waals surface area (Å²) >= 11 is 0. The molecule has 0 aromatic heterocycles. The molecule has 104 valence electrons. The molecule has 0 N–H and O–H groups in total. The van der Waals surface area contributed by atoms with Crippen LogP contribution in [0.3, 0.4) is 0 Å². The van der Waals surface area contributed by atoms with Gasteiger partial charge in [-0.1, -0.05) is 51.1 Å². The Morgan fingerprint density at radius 1 is 1.26 bits per heavy atom. The molecule has 1 aromatic rings. The van der Waals surface area contributed by atoms with E-state index >= 15 is 0 Å². The van der Waals surface area contributed by atoms with Crippen molar-refractivity contribution < 1.29 is 4.79 Å². The fourth-order valence-electron chi connectivity index (χ4n) is 2.97. The lowest BCUT2D eigenvalue weighted by Crippen LogP contribution is -2.33. The number of hydrogen-bond acceptors (Lipinski definition) is 2. The topological polar surface area (TPSA) is 20.3 Å². The highest BCUT2D eigenvalue weighted by Crippen LogP contribution is 2.37. The van der Waals surface area contributed by atoms with Crippen LogP contribution in [-0.2, 0) is 11.3 Å². The SMILES string of the molecule is CCN(Cc1ccccc1)CC1CCC(C)(C)C1=O. The first-order chi connectivity index (χ1) is 9.03. The molecule has 0 amide bonds. The van der Waals surface area contributed by atoms with Crippen LogP contribution in [0.4, 0.5) is 0 Å². The minimum Gasteiger partial charge on any atom is -0.299 e. The first kappa shape index (κ1) is 14.3. The second kappa shape index (κ2) is 5.87. The Bertz CT molecular complexity index is 424. The van der Waals surface area contributed by atoms with Gasteiger partial charge in [0.1, 0.15) is 5.78 Å². The molecule has 1 aliphatic carbocycles. The van der Waals surface area contributed by atoms with Gasteiger partial charge in [-0.15, -0.1) is 0 Å². The summed E-state index contributed by atoms with van der Waals surface area (Å²) in [5.74, 6) is 0.692. The molecule has 19 heavy (non-hydrogen) atoms. The summed E-state index contributed by atoms with van der Waals surface area (Å²) in [6, 6.07) is 10.5. The smallest absolute Gasteiger partial charge is 0.142 e. The highest BCUT2D eigenvalue weighted by Gasteiger charge is 2.40. The average molecular weight is 259 g/mol. The standard InChI is InChI=1S/C17H25NO/c1-4-18(12-14-8-6-5-7-9-14)13-15-10-11-17(2,3)16(15)19/h5-9,15H,4,10-13H2,1-3H3. The molecule has 1 fully saturated rings. The fraction of sp³-hybridized carbons (Fsp3) is 0.588. The number of Topliss-reactive ketones (excluding diaryl/α,β-unsaturated/α-hetero) is 1. The lowest BCUT2D eigenvalue weighted by atomic mass is 9.89. The molecular weight excluding hydrogens is 234 g/mol. The molecule has 1 saturated carbocycles. The fourth-order valence-corrected chi connectivity index (χ4v) is 2.97. The van der Waals surface area contributed by atoms with Gasteiger partial charge in [-0.3, -0.25) is 9.69 Å². The molecule has 1 atom stereocenters. The maximum atomic E-state index is 12.3. The molecule has 1 aliphatic rings. The van der Waals surface area contributed by atoms with E-state index in [-0.39, 0.29) is 11.3 Å². The van der Waals surface area contributed by atoms with E-state index in [1.807, 2.05) is 6.07 Å². The largest absolute Gasteiger partial charge is 0.299 e. The van der Waals surface area contributed by atoms with Crippen molar-refractivity contribution in [3.8, 4) is 0 Å². The summed E-state index contributed by atoms with van der Waals surface area (Å²) in [4.78, 5) is 14.7. The maximum absolute atomic E-state index is 12.3. The number of nitrogens with zero attached hydrogens (tertiary/aromatic N) is 1. The molecule has 0 heterocycles. The summed E-state index contributed by atoms with van der Waals surface area (Å²) in [5.41, 5.74) is 1.23.